The molecule has 0 bridgehead atoms. The fourth-order valence-corrected chi connectivity index (χ4v) is 3.19. The van der Waals surface area contributed by atoms with E-state index in [1.54, 1.807) is 0 Å². The summed E-state index contributed by atoms with van der Waals surface area (Å²) >= 11 is 0. The molecular weight excluding hydrogens is 524 g/mol. The first-order valence-electron chi connectivity index (χ1n) is 9.27. The van der Waals surface area contributed by atoms with Gasteiger partial charge in [0.05, 0.1) is 28.1 Å². The van der Waals surface area contributed by atoms with Crippen molar-refractivity contribution in [2.45, 2.75) is 19.2 Å². The highest BCUT2D eigenvalue weighted by molar-refractivity contribution is 5.69. The lowest BCUT2D eigenvalue weighted by molar-refractivity contribution is -0.137. The molecule has 1 unspecified atom stereocenters. The van der Waals surface area contributed by atoms with Crippen molar-refractivity contribution in [2.24, 2.45) is 0 Å². The van der Waals surface area contributed by atoms with E-state index in [-0.39, 0.29) is 12.1 Å². The summed E-state index contributed by atoms with van der Waals surface area (Å²) in [5.74, 6) is -23.6. The van der Waals surface area contributed by atoms with E-state index in [9.17, 15) is 52.7 Å². The maximum Gasteiger partial charge on any atom is 0.416 e. The maximum atomic E-state index is 14.7. The smallest absolute Gasteiger partial charge is 0.416 e. The van der Waals surface area contributed by atoms with Gasteiger partial charge in [-0.25, -0.2) is 39.5 Å². The van der Waals surface area contributed by atoms with Crippen LogP contribution in [0.1, 0.15) is 28.4 Å². The molecule has 0 saturated heterocycles. The number of hydrogen-bond donors (Lipinski definition) is 2. The third-order valence-corrected chi connectivity index (χ3v) is 4.99. The van der Waals surface area contributed by atoms with Gasteiger partial charge in [-0.1, -0.05) is 0 Å². The molecule has 36 heavy (non-hydrogen) atoms. The molecule has 0 heterocycles. The van der Waals surface area contributed by atoms with Crippen molar-refractivity contribution in [3.63, 3.8) is 0 Å². The first-order valence-corrected chi connectivity index (χ1v) is 9.27. The molecule has 0 radical (unpaired) electrons. The van der Waals surface area contributed by atoms with E-state index in [0.717, 1.165) is 0 Å². The van der Waals surface area contributed by atoms with Crippen molar-refractivity contribution < 1.29 is 57.4 Å². The fraction of sp³-hybridized carbons (Fsp3) is 0.143. The van der Waals surface area contributed by atoms with Crippen molar-refractivity contribution in [1.82, 2.24) is 0 Å². The lowest BCUT2D eigenvalue weighted by Gasteiger charge is -2.25. The molecule has 15 heteroatoms. The van der Waals surface area contributed by atoms with Gasteiger partial charge in [0, 0.05) is 5.56 Å². The predicted molar refractivity (Wildman–Crippen MR) is 100.0 cm³/mol. The highest BCUT2D eigenvalue weighted by Gasteiger charge is 2.39. The summed E-state index contributed by atoms with van der Waals surface area (Å²) in [5.41, 5.74) is 1.73. The average Bonchev–Trinajstić information content (AvgIpc) is 2.80. The van der Waals surface area contributed by atoms with E-state index < -0.39 is 104 Å². The zero-order chi connectivity index (χ0) is 27.4. The monoisotopic (exact) mass is 534 g/mol. The molecular formula is C21H10F12N2O. The molecule has 0 aliphatic carbocycles. The molecule has 194 valence electrons. The van der Waals surface area contributed by atoms with E-state index in [1.807, 2.05) is 0 Å². The first-order chi connectivity index (χ1) is 16.5. The minimum atomic E-state index is -5.04. The highest BCUT2D eigenvalue weighted by Crippen LogP contribution is 2.44. The second-order valence-corrected chi connectivity index (χ2v) is 7.26. The SMILES string of the molecule is Cc1c(F)c(F)c(C(Oc2c(N)cc(C(F)(F)F)cc2N)c2c(F)c(F)c(F)c(F)c2F)c(F)c1F. The minimum absolute atomic E-state index is 0.157. The van der Waals surface area contributed by atoms with Gasteiger partial charge in [-0.05, 0) is 19.1 Å². The molecule has 3 rings (SSSR count). The van der Waals surface area contributed by atoms with E-state index in [0.29, 0.717) is 6.92 Å². The van der Waals surface area contributed by atoms with Crippen LogP contribution in [0.3, 0.4) is 0 Å². The summed E-state index contributed by atoms with van der Waals surface area (Å²) in [7, 11) is 0. The summed E-state index contributed by atoms with van der Waals surface area (Å²) in [5, 5.41) is 0. The topological polar surface area (TPSA) is 61.3 Å². The number of alkyl halides is 3. The molecule has 0 spiro atoms. The maximum absolute atomic E-state index is 14.7. The zero-order valence-corrected chi connectivity index (χ0v) is 17.3. The Labute approximate surface area is 192 Å². The van der Waals surface area contributed by atoms with Crippen LogP contribution in [0.4, 0.5) is 64.1 Å². The average molecular weight is 534 g/mol. The van der Waals surface area contributed by atoms with Gasteiger partial charge in [0.2, 0.25) is 5.82 Å². The van der Waals surface area contributed by atoms with Gasteiger partial charge in [-0.3, -0.25) is 0 Å². The number of nitrogens with two attached hydrogens (primary N) is 2. The third kappa shape index (κ3) is 4.22. The van der Waals surface area contributed by atoms with Gasteiger partial charge in [0.25, 0.3) is 0 Å². The van der Waals surface area contributed by atoms with E-state index >= 15 is 0 Å². The van der Waals surface area contributed by atoms with Gasteiger partial charge in [-0.15, -0.1) is 0 Å². The highest BCUT2D eigenvalue weighted by atomic mass is 19.4. The second kappa shape index (κ2) is 9.02. The molecule has 0 aliphatic heterocycles. The third-order valence-electron chi connectivity index (χ3n) is 4.99. The van der Waals surface area contributed by atoms with Gasteiger partial charge in [0.15, 0.2) is 58.4 Å². The Morgan fingerprint density at radius 3 is 1.31 bits per heavy atom. The summed E-state index contributed by atoms with van der Waals surface area (Å²) in [6, 6.07) is 0.314. The number of hydrogen-bond acceptors (Lipinski definition) is 3. The Kier molecular flexibility index (Phi) is 6.72. The van der Waals surface area contributed by atoms with E-state index in [2.05, 4.69) is 0 Å². The molecule has 0 aliphatic rings. The van der Waals surface area contributed by atoms with Crippen molar-refractivity contribution in [3.05, 3.63) is 86.7 Å². The normalized spacial score (nSPS) is 12.7. The van der Waals surface area contributed by atoms with Crippen molar-refractivity contribution in [2.75, 3.05) is 11.5 Å². The van der Waals surface area contributed by atoms with Crippen LogP contribution in [0, 0.1) is 59.3 Å². The number of nitrogen functional groups attached to an aromatic ring is 2. The molecule has 1 atom stereocenters. The van der Waals surface area contributed by atoms with Crippen LogP contribution in [-0.2, 0) is 6.18 Å². The van der Waals surface area contributed by atoms with E-state index in [4.69, 9.17) is 16.2 Å². The molecule has 0 aromatic heterocycles. The predicted octanol–water partition coefficient (Wildman–Crippen LogP) is 6.60. The van der Waals surface area contributed by atoms with Crippen molar-refractivity contribution in [1.29, 1.82) is 0 Å². The van der Waals surface area contributed by atoms with E-state index in [1.165, 1.54) is 0 Å². The molecule has 0 fully saturated rings. The van der Waals surface area contributed by atoms with Crippen LogP contribution in [0.25, 0.3) is 0 Å². The van der Waals surface area contributed by atoms with Crippen molar-refractivity contribution >= 4 is 11.4 Å². The standard InChI is InChI=1S/C21H10F12N2O/c1-4-10(22)12(24)8(13(25)11(4)23)20(9-14(26)16(28)18(30)17(29)15(9)27)36-19-6(34)2-5(3-7(19)35)21(31,32)33/h2-3,20H,34-35H2,1H3. The van der Waals surface area contributed by atoms with Crippen LogP contribution in [0.2, 0.25) is 0 Å². The number of anilines is 2. The van der Waals surface area contributed by atoms with Crippen LogP contribution in [0.5, 0.6) is 5.75 Å². The number of rotatable bonds is 4. The minimum Gasteiger partial charge on any atom is -0.476 e. The second-order valence-electron chi connectivity index (χ2n) is 7.26. The lowest BCUT2D eigenvalue weighted by Crippen LogP contribution is -2.22. The zero-order valence-electron chi connectivity index (χ0n) is 17.3. The van der Waals surface area contributed by atoms with Crippen LogP contribution >= 0.6 is 0 Å². The Hall–Kier alpha value is -3.78. The molecule has 3 aromatic carbocycles. The van der Waals surface area contributed by atoms with Crippen LogP contribution in [0.15, 0.2) is 12.1 Å². The lowest BCUT2D eigenvalue weighted by atomic mass is 9.96. The number of benzene rings is 3. The van der Waals surface area contributed by atoms with Gasteiger partial charge >= 0.3 is 6.18 Å². The van der Waals surface area contributed by atoms with Crippen LogP contribution < -0.4 is 16.2 Å². The fourth-order valence-electron chi connectivity index (χ4n) is 3.19. The Balaban J connectivity index is 2.41. The van der Waals surface area contributed by atoms with Gasteiger partial charge in [-0.2, -0.15) is 13.2 Å². The Bertz CT molecular complexity index is 1240. The number of halogens is 12. The van der Waals surface area contributed by atoms with Gasteiger partial charge in [0.1, 0.15) is 0 Å². The molecule has 0 saturated carbocycles. The molecule has 3 aromatic rings. The molecule has 4 N–H and O–H groups in total. The Morgan fingerprint density at radius 1 is 0.611 bits per heavy atom. The van der Waals surface area contributed by atoms with Crippen molar-refractivity contribution in [3.8, 4) is 5.75 Å². The summed E-state index contributed by atoms with van der Waals surface area (Å²) in [4.78, 5) is 0. The Morgan fingerprint density at radius 2 is 0.944 bits per heavy atom. The quantitative estimate of drug-likeness (QED) is 0.172. The number of ether oxygens (including phenoxy) is 1. The largest absolute Gasteiger partial charge is 0.476 e. The molecule has 0 amide bonds. The summed E-state index contributed by atoms with van der Waals surface area (Å²) in [6.45, 7) is 0.556. The van der Waals surface area contributed by atoms with Crippen LogP contribution in [-0.4, -0.2) is 0 Å². The van der Waals surface area contributed by atoms with Gasteiger partial charge < -0.3 is 16.2 Å². The first kappa shape index (κ1) is 26.8. The summed E-state index contributed by atoms with van der Waals surface area (Å²) in [6.07, 6.45) is -8.27. The summed E-state index contributed by atoms with van der Waals surface area (Å²) < 4.78 is 172. The molecule has 3 nitrogen and oxygen atoms in total.